The first-order chi connectivity index (χ1) is 10.0. The molecule has 1 aromatic carbocycles. The number of hydrogen-bond donors (Lipinski definition) is 4. The van der Waals surface area contributed by atoms with Crippen molar-refractivity contribution in [3.05, 3.63) is 29.8 Å². The zero-order chi connectivity index (χ0) is 15.7. The van der Waals surface area contributed by atoms with Crippen molar-refractivity contribution in [2.75, 3.05) is 25.0 Å². The van der Waals surface area contributed by atoms with Gasteiger partial charge in [-0.25, -0.2) is 0 Å². The molecule has 0 heterocycles. The third-order valence-corrected chi connectivity index (χ3v) is 2.34. The van der Waals surface area contributed by atoms with Gasteiger partial charge in [0.1, 0.15) is 6.54 Å². The Labute approximate surface area is 121 Å². The van der Waals surface area contributed by atoms with Gasteiger partial charge in [0.25, 0.3) is 5.91 Å². The molecule has 0 saturated heterocycles. The normalized spacial score (nSPS) is 9.48. The number of nitrogens with one attached hydrogen (secondary N) is 3. The number of carboxylic acids is 1. The molecule has 0 fully saturated rings. The first kappa shape index (κ1) is 16.2. The van der Waals surface area contributed by atoms with E-state index in [0.29, 0.717) is 17.8 Å². The lowest BCUT2D eigenvalue weighted by Crippen LogP contribution is -2.29. The van der Waals surface area contributed by atoms with Crippen molar-refractivity contribution < 1.29 is 19.5 Å². The van der Waals surface area contributed by atoms with Crippen molar-refractivity contribution in [1.29, 1.82) is 0 Å². The van der Waals surface area contributed by atoms with E-state index in [1.54, 1.807) is 12.1 Å². The fourth-order valence-corrected chi connectivity index (χ4v) is 1.42. The summed E-state index contributed by atoms with van der Waals surface area (Å²) in [5, 5.41) is 16.1. The van der Waals surface area contributed by atoms with Crippen molar-refractivity contribution in [3.8, 4) is 12.3 Å². The molecule has 0 aliphatic rings. The van der Waals surface area contributed by atoms with Crippen molar-refractivity contribution in [3.63, 3.8) is 0 Å². The van der Waals surface area contributed by atoms with Gasteiger partial charge in [0.05, 0.1) is 13.1 Å². The topological polar surface area (TPSA) is 108 Å². The molecule has 0 radical (unpaired) electrons. The first-order valence-corrected chi connectivity index (χ1v) is 6.07. The van der Waals surface area contributed by atoms with Crippen molar-refractivity contribution in [2.24, 2.45) is 0 Å². The van der Waals surface area contributed by atoms with E-state index in [1.807, 2.05) is 0 Å². The molecule has 4 N–H and O–H groups in total. The average molecular weight is 289 g/mol. The molecule has 1 aromatic rings. The Balaban J connectivity index is 2.50. The molecule has 0 bridgehead atoms. The summed E-state index contributed by atoms with van der Waals surface area (Å²) < 4.78 is 0. The Morgan fingerprint density at radius 1 is 1.14 bits per heavy atom. The molecule has 0 spiro atoms. The Bertz CT molecular complexity index is 561. The van der Waals surface area contributed by atoms with E-state index in [-0.39, 0.29) is 12.5 Å². The van der Waals surface area contributed by atoms with Crippen LogP contribution in [-0.2, 0) is 9.59 Å². The Kier molecular flexibility index (Phi) is 6.44. The minimum atomic E-state index is -1.12. The highest BCUT2D eigenvalue weighted by molar-refractivity contribution is 5.97. The van der Waals surface area contributed by atoms with Gasteiger partial charge in [-0.1, -0.05) is 5.92 Å². The third kappa shape index (κ3) is 6.22. The summed E-state index contributed by atoms with van der Waals surface area (Å²) in [6.45, 7) is -0.0562. The number of carboxylic acid groups (broad SMARTS) is 1. The van der Waals surface area contributed by atoms with Crippen molar-refractivity contribution in [2.45, 2.75) is 0 Å². The van der Waals surface area contributed by atoms with Gasteiger partial charge >= 0.3 is 5.97 Å². The maximum absolute atomic E-state index is 11.6. The number of anilines is 1. The molecule has 21 heavy (non-hydrogen) atoms. The predicted octanol–water partition coefficient (Wildman–Crippen LogP) is -0.338. The SMILES string of the molecule is C#CCNCC(=O)Nc1ccc(C(=O)NCC(=O)O)cc1. The van der Waals surface area contributed by atoms with E-state index >= 15 is 0 Å². The fourth-order valence-electron chi connectivity index (χ4n) is 1.42. The Morgan fingerprint density at radius 3 is 2.38 bits per heavy atom. The van der Waals surface area contributed by atoms with Gasteiger partial charge < -0.3 is 15.7 Å². The number of rotatable bonds is 7. The molecule has 0 unspecified atom stereocenters. The smallest absolute Gasteiger partial charge is 0.322 e. The molecule has 1 rings (SSSR count). The summed E-state index contributed by atoms with van der Waals surface area (Å²) in [6, 6.07) is 6.08. The molecule has 0 aliphatic heterocycles. The summed E-state index contributed by atoms with van der Waals surface area (Å²) in [5.74, 6) is 0.480. The van der Waals surface area contributed by atoms with Crippen molar-refractivity contribution >= 4 is 23.5 Å². The van der Waals surface area contributed by atoms with Gasteiger partial charge in [-0.2, -0.15) is 0 Å². The Morgan fingerprint density at radius 2 is 1.81 bits per heavy atom. The van der Waals surface area contributed by atoms with Crippen LogP contribution in [0.25, 0.3) is 0 Å². The summed E-state index contributed by atoms with van der Waals surface area (Å²) in [7, 11) is 0. The maximum atomic E-state index is 11.6. The van der Waals surface area contributed by atoms with Gasteiger partial charge in [0.15, 0.2) is 0 Å². The van der Waals surface area contributed by atoms with E-state index in [1.165, 1.54) is 12.1 Å². The second kappa shape index (κ2) is 8.35. The molecular formula is C14H15N3O4. The molecule has 0 aromatic heterocycles. The van der Waals surface area contributed by atoms with Crippen molar-refractivity contribution in [1.82, 2.24) is 10.6 Å². The van der Waals surface area contributed by atoms with Gasteiger partial charge in [-0.15, -0.1) is 6.42 Å². The van der Waals surface area contributed by atoms with Crippen LogP contribution in [0, 0.1) is 12.3 Å². The number of hydrogen-bond acceptors (Lipinski definition) is 4. The number of aliphatic carboxylic acids is 1. The van der Waals surface area contributed by atoms with Crippen LogP contribution in [-0.4, -0.2) is 42.5 Å². The highest BCUT2D eigenvalue weighted by atomic mass is 16.4. The lowest BCUT2D eigenvalue weighted by molar-refractivity contribution is -0.135. The number of amides is 2. The third-order valence-electron chi connectivity index (χ3n) is 2.34. The lowest BCUT2D eigenvalue weighted by Gasteiger charge is -2.07. The molecule has 0 aliphatic carbocycles. The lowest BCUT2D eigenvalue weighted by atomic mass is 10.2. The van der Waals surface area contributed by atoms with Crippen LogP contribution in [0.15, 0.2) is 24.3 Å². The molecule has 7 heteroatoms. The maximum Gasteiger partial charge on any atom is 0.322 e. The summed E-state index contributed by atoms with van der Waals surface area (Å²) in [5.41, 5.74) is 0.831. The second-order valence-corrected chi connectivity index (χ2v) is 4.01. The average Bonchev–Trinajstić information content (AvgIpc) is 2.45. The van der Waals surface area contributed by atoms with E-state index in [4.69, 9.17) is 11.5 Å². The van der Waals surface area contributed by atoms with Crippen LogP contribution in [0.2, 0.25) is 0 Å². The Hall–Kier alpha value is -2.85. The van der Waals surface area contributed by atoms with Gasteiger partial charge in [0.2, 0.25) is 5.91 Å². The molecule has 110 valence electrons. The quantitative estimate of drug-likeness (QED) is 0.406. The van der Waals surface area contributed by atoms with E-state index in [9.17, 15) is 14.4 Å². The summed E-state index contributed by atoms with van der Waals surface area (Å²) in [4.78, 5) is 33.4. The molecule has 2 amide bonds. The minimum absolute atomic E-state index is 0.0883. The summed E-state index contributed by atoms with van der Waals surface area (Å²) in [6.07, 6.45) is 5.04. The largest absolute Gasteiger partial charge is 0.480 e. The zero-order valence-corrected chi connectivity index (χ0v) is 11.2. The zero-order valence-electron chi connectivity index (χ0n) is 11.2. The van der Waals surface area contributed by atoms with Crippen LogP contribution >= 0.6 is 0 Å². The van der Waals surface area contributed by atoms with Crippen LogP contribution in [0.5, 0.6) is 0 Å². The van der Waals surface area contributed by atoms with Gasteiger partial charge in [-0.3, -0.25) is 19.7 Å². The van der Waals surface area contributed by atoms with Crippen LogP contribution in [0.1, 0.15) is 10.4 Å². The fraction of sp³-hybridized carbons (Fsp3) is 0.214. The minimum Gasteiger partial charge on any atom is -0.480 e. The highest BCUT2D eigenvalue weighted by Crippen LogP contribution is 2.09. The molecule has 0 atom stereocenters. The highest BCUT2D eigenvalue weighted by Gasteiger charge is 2.07. The first-order valence-electron chi connectivity index (χ1n) is 6.07. The number of carbonyl (C=O) groups excluding carboxylic acids is 2. The van der Waals surface area contributed by atoms with Gasteiger partial charge in [-0.05, 0) is 24.3 Å². The standard InChI is InChI=1S/C14H15N3O4/c1-2-7-15-8-12(18)17-11-5-3-10(4-6-11)14(21)16-9-13(19)20/h1,3-6,15H,7-9H2,(H,16,21)(H,17,18)(H,19,20). The molecule has 0 saturated carbocycles. The predicted molar refractivity (Wildman–Crippen MR) is 76.7 cm³/mol. The number of terminal acetylenes is 1. The summed E-state index contributed by atoms with van der Waals surface area (Å²) >= 11 is 0. The van der Waals surface area contributed by atoms with E-state index in [0.717, 1.165) is 0 Å². The van der Waals surface area contributed by atoms with Gasteiger partial charge in [0, 0.05) is 11.3 Å². The number of benzene rings is 1. The second-order valence-electron chi connectivity index (χ2n) is 4.01. The van der Waals surface area contributed by atoms with E-state index < -0.39 is 18.4 Å². The van der Waals surface area contributed by atoms with E-state index in [2.05, 4.69) is 21.9 Å². The number of carbonyl (C=O) groups is 3. The van der Waals surface area contributed by atoms with Crippen LogP contribution in [0.4, 0.5) is 5.69 Å². The van der Waals surface area contributed by atoms with Crippen LogP contribution < -0.4 is 16.0 Å². The monoisotopic (exact) mass is 289 g/mol. The molecule has 7 nitrogen and oxygen atoms in total. The van der Waals surface area contributed by atoms with Crippen LogP contribution in [0.3, 0.4) is 0 Å². The molecular weight excluding hydrogens is 274 g/mol.